The highest BCUT2D eigenvalue weighted by molar-refractivity contribution is 5.91. The number of fused-ring (bicyclic) bond motifs is 1. The Hall–Kier alpha value is -2.59. The lowest BCUT2D eigenvalue weighted by molar-refractivity contribution is 0.200. The van der Waals surface area contributed by atoms with Gasteiger partial charge in [-0.05, 0) is 23.8 Å². The minimum absolute atomic E-state index is 0.394. The standard InChI is InChI=1S/C17H15NO3/c1-18(12-7-3-2-4-8-12)17(20)21-16-11-15(19)13-9-5-6-10-14(13)16/h2-11,15,19H,1H3. The van der Waals surface area contributed by atoms with E-state index in [4.69, 9.17) is 4.74 Å². The number of ether oxygens (including phenoxy) is 1. The van der Waals surface area contributed by atoms with Crippen molar-refractivity contribution in [1.82, 2.24) is 0 Å². The second-order valence-corrected chi connectivity index (χ2v) is 4.83. The van der Waals surface area contributed by atoms with Crippen LogP contribution in [0.4, 0.5) is 10.5 Å². The van der Waals surface area contributed by atoms with E-state index in [0.717, 1.165) is 16.8 Å². The molecule has 2 aromatic carbocycles. The lowest BCUT2D eigenvalue weighted by Crippen LogP contribution is -2.26. The van der Waals surface area contributed by atoms with Gasteiger partial charge in [0.2, 0.25) is 0 Å². The summed E-state index contributed by atoms with van der Waals surface area (Å²) in [5, 5.41) is 9.94. The van der Waals surface area contributed by atoms with Gasteiger partial charge in [0.1, 0.15) is 11.9 Å². The molecule has 2 aromatic rings. The number of hydrogen-bond acceptors (Lipinski definition) is 3. The van der Waals surface area contributed by atoms with Crippen LogP contribution in [-0.4, -0.2) is 18.2 Å². The Labute approximate surface area is 122 Å². The molecule has 0 bridgehead atoms. The Bertz CT molecular complexity index is 694. The van der Waals surface area contributed by atoms with Crippen molar-refractivity contribution in [3.8, 4) is 0 Å². The molecule has 1 unspecified atom stereocenters. The van der Waals surface area contributed by atoms with E-state index in [2.05, 4.69) is 0 Å². The molecule has 1 aliphatic rings. The molecule has 4 heteroatoms. The van der Waals surface area contributed by atoms with Gasteiger partial charge < -0.3 is 9.84 Å². The number of anilines is 1. The lowest BCUT2D eigenvalue weighted by Gasteiger charge is -2.17. The van der Waals surface area contributed by atoms with E-state index in [1.165, 1.54) is 4.90 Å². The molecule has 1 N–H and O–H groups in total. The molecular formula is C17H15NO3. The monoisotopic (exact) mass is 281 g/mol. The van der Waals surface area contributed by atoms with Crippen LogP contribution in [0.5, 0.6) is 0 Å². The summed E-state index contributed by atoms with van der Waals surface area (Å²) in [6.45, 7) is 0. The third-order valence-electron chi connectivity index (χ3n) is 3.47. The third-order valence-corrected chi connectivity index (χ3v) is 3.47. The second kappa shape index (κ2) is 5.42. The molecule has 0 aliphatic heterocycles. The van der Waals surface area contributed by atoms with Crippen LogP contribution in [0.2, 0.25) is 0 Å². The van der Waals surface area contributed by atoms with Crippen molar-refractivity contribution >= 4 is 17.5 Å². The van der Waals surface area contributed by atoms with E-state index in [-0.39, 0.29) is 0 Å². The predicted octanol–water partition coefficient (Wildman–Crippen LogP) is 3.35. The fourth-order valence-electron chi connectivity index (χ4n) is 2.31. The molecule has 0 saturated carbocycles. The highest BCUT2D eigenvalue weighted by Gasteiger charge is 2.25. The minimum atomic E-state index is -0.731. The average molecular weight is 281 g/mol. The van der Waals surface area contributed by atoms with Crippen molar-refractivity contribution in [2.45, 2.75) is 6.10 Å². The minimum Gasteiger partial charge on any atom is -0.410 e. The summed E-state index contributed by atoms with van der Waals surface area (Å²) in [6, 6.07) is 16.6. The van der Waals surface area contributed by atoms with Crippen molar-refractivity contribution < 1.29 is 14.6 Å². The van der Waals surface area contributed by atoms with Crippen LogP contribution in [-0.2, 0) is 4.74 Å². The van der Waals surface area contributed by atoms with E-state index in [9.17, 15) is 9.90 Å². The summed E-state index contributed by atoms with van der Waals surface area (Å²) >= 11 is 0. The van der Waals surface area contributed by atoms with E-state index in [1.807, 2.05) is 54.6 Å². The number of aliphatic hydroxyl groups is 1. The summed E-state index contributed by atoms with van der Waals surface area (Å²) in [7, 11) is 1.65. The summed E-state index contributed by atoms with van der Waals surface area (Å²) in [6.07, 6.45) is 0.323. The number of nitrogens with zero attached hydrogens (tertiary/aromatic N) is 1. The van der Waals surface area contributed by atoms with Crippen LogP contribution in [0.1, 0.15) is 17.2 Å². The van der Waals surface area contributed by atoms with Crippen molar-refractivity contribution in [3.05, 3.63) is 71.8 Å². The van der Waals surface area contributed by atoms with E-state index in [0.29, 0.717) is 5.76 Å². The van der Waals surface area contributed by atoms with Gasteiger partial charge in [-0.15, -0.1) is 0 Å². The maximum atomic E-state index is 12.2. The topological polar surface area (TPSA) is 49.8 Å². The van der Waals surface area contributed by atoms with Crippen LogP contribution >= 0.6 is 0 Å². The van der Waals surface area contributed by atoms with Gasteiger partial charge in [-0.3, -0.25) is 4.90 Å². The van der Waals surface area contributed by atoms with E-state index >= 15 is 0 Å². The van der Waals surface area contributed by atoms with Crippen LogP contribution in [0.15, 0.2) is 60.7 Å². The number of aliphatic hydroxyl groups excluding tert-OH is 1. The Balaban J connectivity index is 1.79. The second-order valence-electron chi connectivity index (χ2n) is 4.83. The van der Waals surface area contributed by atoms with E-state index in [1.54, 1.807) is 13.1 Å². The molecule has 0 heterocycles. The first-order valence-electron chi connectivity index (χ1n) is 6.66. The highest BCUT2D eigenvalue weighted by atomic mass is 16.6. The molecule has 0 radical (unpaired) electrons. The number of carbonyl (C=O) groups is 1. The largest absolute Gasteiger partial charge is 0.419 e. The van der Waals surface area contributed by atoms with Crippen molar-refractivity contribution in [1.29, 1.82) is 0 Å². The smallest absolute Gasteiger partial charge is 0.410 e. The first-order valence-corrected chi connectivity index (χ1v) is 6.66. The van der Waals surface area contributed by atoms with Gasteiger partial charge in [0.15, 0.2) is 0 Å². The van der Waals surface area contributed by atoms with Gasteiger partial charge in [0.25, 0.3) is 0 Å². The third kappa shape index (κ3) is 2.53. The predicted molar refractivity (Wildman–Crippen MR) is 80.7 cm³/mol. The SMILES string of the molecule is CN(C(=O)OC1=CC(O)c2ccccc21)c1ccccc1. The number of carbonyl (C=O) groups excluding carboxylic acids is 1. The number of para-hydroxylation sites is 1. The first kappa shape index (κ1) is 13.4. The number of rotatable bonds is 2. The van der Waals surface area contributed by atoms with Gasteiger partial charge in [-0.1, -0.05) is 42.5 Å². The Morgan fingerprint density at radius 3 is 2.52 bits per heavy atom. The molecule has 106 valence electrons. The number of benzene rings is 2. The first-order chi connectivity index (χ1) is 10.2. The Morgan fingerprint density at radius 1 is 1.10 bits per heavy atom. The van der Waals surface area contributed by atoms with Gasteiger partial charge in [-0.25, -0.2) is 4.79 Å². The van der Waals surface area contributed by atoms with Crippen LogP contribution < -0.4 is 4.90 Å². The van der Waals surface area contributed by atoms with Crippen molar-refractivity contribution in [3.63, 3.8) is 0 Å². The molecule has 0 fully saturated rings. The lowest BCUT2D eigenvalue weighted by atomic mass is 10.1. The van der Waals surface area contributed by atoms with E-state index < -0.39 is 12.2 Å². The number of amides is 1. The van der Waals surface area contributed by atoms with Crippen LogP contribution in [0.3, 0.4) is 0 Å². The molecule has 3 rings (SSSR count). The van der Waals surface area contributed by atoms with Crippen molar-refractivity contribution in [2.75, 3.05) is 11.9 Å². The summed E-state index contributed by atoms with van der Waals surface area (Å²) in [5.41, 5.74) is 2.25. The zero-order valence-electron chi connectivity index (χ0n) is 11.6. The number of hydrogen-bond donors (Lipinski definition) is 1. The molecule has 1 atom stereocenters. The van der Waals surface area contributed by atoms with Crippen LogP contribution in [0, 0.1) is 0 Å². The molecule has 4 nitrogen and oxygen atoms in total. The summed E-state index contributed by atoms with van der Waals surface area (Å²) in [4.78, 5) is 13.6. The molecular weight excluding hydrogens is 266 g/mol. The van der Waals surface area contributed by atoms with Gasteiger partial charge in [-0.2, -0.15) is 0 Å². The van der Waals surface area contributed by atoms with Gasteiger partial charge in [0, 0.05) is 18.3 Å². The molecule has 1 aliphatic carbocycles. The molecule has 0 aromatic heterocycles. The highest BCUT2D eigenvalue weighted by Crippen LogP contribution is 2.35. The quantitative estimate of drug-likeness (QED) is 0.918. The Morgan fingerprint density at radius 2 is 1.76 bits per heavy atom. The van der Waals surface area contributed by atoms with Crippen LogP contribution in [0.25, 0.3) is 5.76 Å². The Kier molecular flexibility index (Phi) is 3.46. The maximum absolute atomic E-state index is 12.2. The summed E-state index contributed by atoms with van der Waals surface area (Å²) in [5.74, 6) is 0.394. The zero-order valence-corrected chi connectivity index (χ0v) is 11.6. The van der Waals surface area contributed by atoms with Gasteiger partial charge in [0.05, 0.1) is 0 Å². The zero-order chi connectivity index (χ0) is 14.8. The van der Waals surface area contributed by atoms with Crippen molar-refractivity contribution in [2.24, 2.45) is 0 Å². The fourth-order valence-corrected chi connectivity index (χ4v) is 2.31. The molecule has 0 spiro atoms. The fraction of sp³-hybridized carbons (Fsp3) is 0.118. The normalized spacial score (nSPS) is 16.1. The summed E-state index contributed by atoms with van der Waals surface area (Å²) < 4.78 is 5.41. The molecule has 0 saturated heterocycles. The molecule has 1 amide bonds. The maximum Gasteiger partial charge on any atom is 0.419 e. The molecule has 21 heavy (non-hydrogen) atoms. The average Bonchev–Trinajstić information content (AvgIpc) is 2.84. The van der Waals surface area contributed by atoms with Gasteiger partial charge >= 0.3 is 6.09 Å².